The van der Waals surface area contributed by atoms with Gasteiger partial charge in [0.1, 0.15) is 0 Å². The van der Waals surface area contributed by atoms with Crippen LogP contribution in [0.4, 0.5) is 11.4 Å². The van der Waals surface area contributed by atoms with Crippen molar-refractivity contribution in [2.45, 2.75) is 20.8 Å². The summed E-state index contributed by atoms with van der Waals surface area (Å²) in [5.74, 6) is -0.410. The van der Waals surface area contributed by atoms with E-state index in [4.69, 9.17) is 0 Å². The van der Waals surface area contributed by atoms with Gasteiger partial charge >= 0.3 is 0 Å². The lowest BCUT2D eigenvalue weighted by atomic mass is 10.1. The molecule has 0 radical (unpaired) electrons. The highest BCUT2D eigenvalue weighted by Gasteiger charge is 2.19. The molecule has 0 spiro atoms. The third kappa shape index (κ3) is 3.19. The first-order valence-corrected chi connectivity index (χ1v) is 8.06. The summed E-state index contributed by atoms with van der Waals surface area (Å²) in [5.41, 5.74) is 3.60. The fraction of sp³-hybridized carbons (Fsp3) is 0.158. The minimum absolute atomic E-state index is 0.0777. The second-order valence-corrected chi connectivity index (χ2v) is 6.01. The number of aryl methyl sites for hydroxylation is 2. The Bertz CT molecular complexity index is 994. The van der Waals surface area contributed by atoms with E-state index in [1.165, 1.54) is 6.07 Å². The molecule has 0 fully saturated rings. The molecule has 0 saturated carbocycles. The molecule has 0 atom stereocenters. The van der Waals surface area contributed by atoms with Crippen molar-refractivity contribution in [3.63, 3.8) is 0 Å². The summed E-state index contributed by atoms with van der Waals surface area (Å²) in [6.07, 6.45) is 0. The molecule has 3 rings (SSSR count). The van der Waals surface area contributed by atoms with Crippen LogP contribution in [0.1, 0.15) is 27.3 Å². The molecule has 0 aliphatic carbocycles. The quantitative estimate of drug-likeness (QED) is 0.570. The summed E-state index contributed by atoms with van der Waals surface area (Å²) in [7, 11) is 0. The number of aromatic nitrogens is 2. The summed E-state index contributed by atoms with van der Waals surface area (Å²) in [5, 5.41) is 18.4. The monoisotopic (exact) mass is 350 g/mol. The molecule has 1 heterocycles. The van der Waals surface area contributed by atoms with Crippen molar-refractivity contribution in [3.05, 3.63) is 81.2 Å². The SMILES string of the molecule is Cc1ccc(C(=O)Nc2c(C)nn(-c3ccccc3)c2C)cc1[N+](=O)[O-]. The molecular formula is C19H18N4O3. The molecule has 2 aromatic carbocycles. The molecule has 0 unspecified atom stereocenters. The van der Waals surface area contributed by atoms with Crippen molar-refractivity contribution >= 4 is 17.3 Å². The predicted molar refractivity (Wildman–Crippen MR) is 98.8 cm³/mol. The van der Waals surface area contributed by atoms with Gasteiger partial charge in [0, 0.05) is 17.2 Å². The highest BCUT2D eigenvalue weighted by atomic mass is 16.6. The smallest absolute Gasteiger partial charge is 0.273 e. The van der Waals surface area contributed by atoms with Crippen LogP contribution in [0.15, 0.2) is 48.5 Å². The number of carbonyl (C=O) groups excluding carboxylic acids is 1. The normalized spacial score (nSPS) is 10.6. The van der Waals surface area contributed by atoms with E-state index in [9.17, 15) is 14.9 Å². The van der Waals surface area contributed by atoms with Gasteiger partial charge in [0.15, 0.2) is 0 Å². The number of hydrogen-bond acceptors (Lipinski definition) is 4. The van der Waals surface area contributed by atoms with Crippen LogP contribution in [-0.2, 0) is 0 Å². The van der Waals surface area contributed by atoms with Crippen molar-refractivity contribution in [2.24, 2.45) is 0 Å². The first kappa shape index (κ1) is 17.3. The van der Waals surface area contributed by atoms with Crippen LogP contribution in [-0.4, -0.2) is 20.6 Å². The lowest BCUT2D eigenvalue weighted by molar-refractivity contribution is -0.385. The van der Waals surface area contributed by atoms with Crippen molar-refractivity contribution in [2.75, 3.05) is 5.32 Å². The summed E-state index contributed by atoms with van der Waals surface area (Å²) in [4.78, 5) is 23.2. The molecule has 7 heteroatoms. The van der Waals surface area contributed by atoms with Crippen LogP contribution >= 0.6 is 0 Å². The molecule has 3 aromatic rings. The standard InChI is InChI=1S/C19H18N4O3/c1-12-9-10-15(11-17(12)23(25)26)19(24)20-18-13(2)21-22(14(18)3)16-7-5-4-6-8-16/h4-11H,1-3H3,(H,20,24). The van der Waals surface area contributed by atoms with Crippen molar-refractivity contribution < 1.29 is 9.72 Å². The van der Waals surface area contributed by atoms with Gasteiger partial charge < -0.3 is 5.32 Å². The van der Waals surface area contributed by atoms with Crippen molar-refractivity contribution in [1.82, 2.24) is 9.78 Å². The second kappa shape index (κ2) is 6.79. The van der Waals surface area contributed by atoms with Crippen LogP contribution in [0.25, 0.3) is 5.69 Å². The summed E-state index contributed by atoms with van der Waals surface area (Å²) in [6.45, 7) is 5.30. The molecule has 7 nitrogen and oxygen atoms in total. The Morgan fingerprint density at radius 3 is 2.46 bits per heavy atom. The van der Waals surface area contributed by atoms with E-state index in [0.717, 1.165) is 11.4 Å². The molecule has 1 N–H and O–H groups in total. The maximum atomic E-state index is 12.6. The number of carbonyl (C=O) groups is 1. The highest BCUT2D eigenvalue weighted by Crippen LogP contribution is 2.25. The van der Waals surface area contributed by atoms with E-state index in [-0.39, 0.29) is 11.3 Å². The Labute approximate surface area is 150 Å². The van der Waals surface area contributed by atoms with E-state index < -0.39 is 10.8 Å². The fourth-order valence-electron chi connectivity index (χ4n) is 2.78. The zero-order valence-electron chi connectivity index (χ0n) is 14.7. The Hall–Kier alpha value is -3.48. The van der Waals surface area contributed by atoms with E-state index in [1.807, 2.05) is 37.3 Å². The third-order valence-electron chi connectivity index (χ3n) is 4.20. The molecule has 0 aliphatic rings. The molecule has 0 bridgehead atoms. The van der Waals surface area contributed by atoms with Crippen molar-refractivity contribution in [1.29, 1.82) is 0 Å². The number of anilines is 1. The largest absolute Gasteiger partial charge is 0.319 e. The van der Waals surface area contributed by atoms with Crippen LogP contribution in [0, 0.1) is 30.9 Å². The number of amides is 1. The van der Waals surface area contributed by atoms with Gasteiger partial charge in [-0.2, -0.15) is 5.10 Å². The molecule has 1 aromatic heterocycles. The Kier molecular flexibility index (Phi) is 4.53. The number of nitrogens with one attached hydrogen (secondary N) is 1. The number of nitro groups is 1. The molecular weight excluding hydrogens is 332 g/mol. The van der Waals surface area contributed by atoms with E-state index in [1.54, 1.807) is 30.7 Å². The summed E-state index contributed by atoms with van der Waals surface area (Å²) >= 11 is 0. The topological polar surface area (TPSA) is 90.1 Å². The number of para-hydroxylation sites is 1. The summed E-state index contributed by atoms with van der Waals surface area (Å²) in [6, 6.07) is 14.0. The Balaban J connectivity index is 1.92. The molecule has 1 amide bonds. The number of nitro benzene ring substituents is 1. The van der Waals surface area contributed by atoms with Gasteiger partial charge in [-0.1, -0.05) is 24.3 Å². The second-order valence-electron chi connectivity index (χ2n) is 6.01. The summed E-state index contributed by atoms with van der Waals surface area (Å²) < 4.78 is 1.75. The molecule has 0 aliphatic heterocycles. The first-order valence-electron chi connectivity index (χ1n) is 8.06. The van der Waals surface area contributed by atoms with Gasteiger partial charge in [0.2, 0.25) is 0 Å². The number of nitrogens with zero attached hydrogens (tertiary/aromatic N) is 3. The van der Waals surface area contributed by atoms with Crippen LogP contribution in [0.5, 0.6) is 0 Å². The van der Waals surface area contributed by atoms with E-state index in [0.29, 0.717) is 16.9 Å². The minimum Gasteiger partial charge on any atom is -0.319 e. The van der Waals surface area contributed by atoms with Crippen molar-refractivity contribution in [3.8, 4) is 5.69 Å². The van der Waals surface area contributed by atoms with Crippen LogP contribution < -0.4 is 5.32 Å². The minimum atomic E-state index is -0.490. The number of hydrogen-bond donors (Lipinski definition) is 1. The Morgan fingerprint density at radius 2 is 1.81 bits per heavy atom. The fourth-order valence-corrected chi connectivity index (χ4v) is 2.78. The van der Waals surface area contributed by atoms with Gasteiger partial charge in [-0.25, -0.2) is 4.68 Å². The number of rotatable bonds is 4. The zero-order valence-corrected chi connectivity index (χ0v) is 14.7. The van der Waals surface area contributed by atoms with Gasteiger partial charge in [-0.15, -0.1) is 0 Å². The van der Waals surface area contributed by atoms with Gasteiger partial charge in [0.25, 0.3) is 11.6 Å². The number of benzene rings is 2. The van der Waals surface area contributed by atoms with Gasteiger partial charge in [-0.05, 0) is 39.0 Å². The lowest BCUT2D eigenvalue weighted by Gasteiger charge is -2.08. The predicted octanol–water partition coefficient (Wildman–Crippen LogP) is 3.96. The van der Waals surface area contributed by atoms with Gasteiger partial charge in [0.05, 0.1) is 27.7 Å². The zero-order chi connectivity index (χ0) is 18.8. The van der Waals surface area contributed by atoms with Crippen LogP contribution in [0.3, 0.4) is 0 Å². The maximum absolute atomic E-state index is 12.6. The molecule has 0 saturated heterocycles. The molecule has 132 valence electrons. The third-order valence-corrected chi connectivity index (χ3v) is 4.20. The average Bonchev–Trinajstić information content (AvgIpc) is 2.90. The maximum Gasteiger partial charge on any atom is 0.273 e. The van der Waals surface area contributed by atoms with E-state index in [2.05, 4.69) is 10.4 Å². The first-order chi connectivity index (χ1) is 12.4. The highest BCUT2D eigenvalue weighted by molar-refractivity contribution is 6.05. The lowest BCUT2D eigenvalue weighted by Crippen LogP contribution is -2.13. The average molecular weight is 350 g/mol. The Morgan fingerprint density at radius 1 is 1.12 bits per heavy atom. The van der Waals surface area contributed by atoms with E-state index >= 15 is 0 Å². The van der Waals surface area contributed by atoms with Gasteiger partial charge in [-0.3, -0.25) is 14.9 Å². The van der Waals surface area contributed by atoms with Crippen LogP contribution in [0.2, 0.25) is 0 Å². The molecule has 26 heavy (non-hydrogen) atoms.